The van der Waals surface area contributed by atoms with Crippen molar-refractivity contribution in [3.05, 3.63) is 18.0 Å². The molecule has 0 saturated heterocycles. The molecular formula is C14H25N3O. The Balaban J connectivity index is 2.11. The van der Waals surface area contributed by atoms with E-state index in [0.29, 0.717) is 5.92 Å². The molecule has 0 aromatic carbocycles. The van der Waals surface area contributed by atoms with E-state index in [9.17, 15) is 0 Å². The van der Waals surface area contributed by atoms with Gasteiger partial charge in [-0.15, -0.1) is 0 Å². The van der Waals surface area contributed by atoms with Gasteiger partial charge in [-0.2, -0.15) is 5.10 Å². The van der Waals surface area contributed by atoms with Gasteiger partial charge in [0.15, 0.2) is 0 Å². The predicted molar refractivity (Wildman–Crippen MR) is 72.5 cm³/mol. The molecule has 102 valence electrons. The monoisotopic (exact) mass is 251 g/mol. The highest BCUT2D eigenvalue weighted by atomic mass is 16.5. The van der Waals surface area contributed by atoms with Crippen LogP contribution in [-0.4, -0.2) is 29.5 Å². The van der Waals surface area contributed by atoms with Crippen molar-refractivity contribution in [2.75, 3.05) is 13.7 Å². The molecule has 1 saturated carbocycles. The summed E-state index contributed by atoms with van der Waals surface area (Å²) in [4.78, 5) is 0. The van der Waals surface area contributed by atoms with Crippen molar-refractivity contribution in [3.63, 3.8) is 0 Å². The molecule has 1 fully saturated rings. The second-order valence-electron chi connectivity index (χ2n) is 5.11. The number of methoxy groups -OCH3 is 1. The topological polar surface area (TPSA) is 39.1 Å². The zero-order valence-electron chi connectivity index (χ0n) is 11.7. The summed E-state index contributed by atoms with van der Waals surface area (Å²) < 4.78 is 7.74. The van der Waals surface area contributed by atoms with Crippen LogP contribution in [-0.2, 0) is 11.3 Å². The lowest BCUT2D eigenvalue weighted by Crippen LogP contribution is -2.34. The quantitative estimate of drug-likeness (QED) is 0.771. The fraction of sp³-hybridized carbons (Fsp3) is 0.786. The Kier molecular flexibility index (Phi) is 4.78. The maximum atomic E-state index is 5.71. The van der Waals surface area contributed by atoms with Crippen molar-refractivity contribution in [1.82, 2.24) is 15.1 Å². The fourth-order valence-corrected chi connectivity index (χ4v) is 2.56. The summed E-state index contributed by atoms with van der Waals surface area (Å²) in [5.74, 6) is 0.716. The summed E-state index contributed by atoms with van der Waals surface area (Å²) >= 11 is 0. The molecule has 18 heavy (non-hydrogen) atoms. The van der Waals surface area contributed by atoms with E-state index in [0.717, 1.165) is 19.5 Å². The van der Waals surface area contributed by atoms with Crippen LogP contribution < -0.4 is 5.32 Å². The van der Waals surface area contributed by atoms with Crippen molar-refractivity contribution in [3.8, 4) is 0 Å². The molecule has 0 aliphatic heterocycles. The van der Waals surface area contributed by atoms with Crippen LogP contribution in [0.4, 0.5) is 0 Å². The Bertz CT molecular complexity index is 360. The summed E-state index contributed by atoms with van der Waals surface area (Å²) in [6.45, 7) is 6.25. The smallest absolute Gasteiger partial charge is 0.0795 e. The molecule has 0 amide bonds. The van der Waals surface area contributed by atoms with E-state index >= 15 is 0 Å². The van der Waals surface area contributed by atoms with Gasteiger partial charge < -0.3 is 10.1 Å². The van der Waals surface area contributed by atoms with Crippen LogP contribution in [0.15, 0.2) is 12.4 Å². The standard InChI is InChI=1S/C14H25N3O/c1-4-8-17-10-12(9-16-17)13(15-5-2)14(18-3)11-6-7-11/h9-11,13-15H,4-8H2,1-3H3. The molecule has 1 aliphatic carbocycles. The summed E-state index contributed by atoms with van der Waals surface area (Å²) in [6.07, 6.45) is 8.13. The maximum Gasteiger partial charge on any atom is 0.0795 e. The fourth-order valence-electron chi connectivity index (χ4n) is 2.56. The van der Waals surface area contributed by atoms with Crippen LogP contribution >= 0.6 is 0 Å². The summed E-state index contributed by atoms with van der Waals surface area (Å²) in [5, 5.41) is 7.97. The van der Waals surface area contributed by atoms with Crippen LogP contribution in [0, 0.1) is 5.92 Å². The average molecular weight is 251 g/mol. The number of aryl methyl sites for hydroxylation is 1. The number of aromatic nitrogens is 2. The van der Waals surface area contributed by atoms with Gasteiger partial charge in [-0.05, 0) is 31.7 Å². The third-order valence-corrected chi connectivity index (χ3v) is 3.58. The Morgan fingerprint density at radius 1 is 1.50 bits per heavy atom. The van der Waals surface area contributed by atoms with E-state index < -0.39 is 0 Å². The summed E-state index contributed by atoms with van der Waals surface area (Å²) in [5.41, 5.74) is 1.25. The van der Waals surface area contributed by atoms with Gasteiger partial charge in [-0.1, -0.05) is 13.8 Å². The molecule has 0 radical (unpaired) electrons. The van der Waals surface area contributed by atoms with Gasteiger partial charge in [0.05, 0.1) is 18.3 Å². The maximum absolute atomic E-state index is 5.71. The number of hydrogen-bond acceptors (Lipinski definition) is 3. The molecule has 1 N–H and O–H groups in total. The molecule has 2 unspecified atom stereocenters. The molecule has 1 aromatic heterocycles. The second kappa shape index (κ2) is 6.34. The van der Waals surface area contributed by atoms with Crippen LogP contribution in [0.5, 0.6) is 0 Å². The SMILES string of the molecule is CCCn1cc(C(NCC)C(OC)C2CC2)cn1. The van der Waals surface area contributed by atoms with Crippen LogP contribution in [0.2, 0.25) is 0 Å². The third-order valence-electron chi connectivity index (χ3n) is 3.58. The van der Waals surface area contributed by atoms with E-state index in [1.54, 1.807) is 0 Å². The number of nitrogens with zero attached hydrogens (tertiary/aromatic N) is 2. The Morgan fingerprint density at radius 3 is 2.83 bits per heavy atom. The van der Waals surface area contributed by atoms with E-state index in [2.05, 4.69) is 30.5 Å². The highest BCUT2D eigenvalue weighted by molar-refractivity contribution is 5.14. The van der Waals surface area contributed by atoms with Crippen molar-refractivity contribution in [2.45, 2.75) is 51.8 Å². The predicted octanol–water partition coefficient (Wildman–Crippen LogP) is 2.37. The summed E-state index contributed by atoms with van der Waals surface area (Å²) in [7, 11) is 1.82. The Labute approximate surface area is 110 Å². The number of rotatable bonds is 8. The number of nitrogens with one attached hydrogen (secondary N) is 1. The van der Waals surface area contributed by atoms with Crippen molar-refractivity contribution in [2.24, 2.45) is 5.92 Å². The first kappa shape index (κ1) is 13.6. The highest BCUT2D eigenvalue weighted by Gasteiger charge is 2.37. The van der Waals surface area contributed by atoms with Crippen molar-refractivity contribution >= 4 is 0 Å². The number of ether oxygens (including phenoxy) is 1. The molecule has 0 spiro atoms. The molecule has 4 heteroatoms. The molecule has 0 bridgehead atoms. The molecule has 1 heterocycles. The van der Waals surface area contributed by atoms with E-state index in [1.807, 2.05) is 18.0 Å². The Hall–Kier alpha value is -0.870. The highest BCUT2D eigenvalue weighted by Crippen LogP contribution is 2.39. The zero-order chi connectivity index (χ0) is 13.0. The van der Waals surface area contributed by atoms with Crippen LogP contribution in [0.25, 0.3) is 0 Å². The first-order valence-corrected chi connectivity index (χ1v) is 7.08. The van der Waals surface area contributed by atoms with Gasteiger partial charge >= 0.3 is 0 Å². The molecule has 2 rings (SSSR count). The minimum absolute atomic E-state index is 0.276. The van der Waals surface area contributed by atoms with Gasteiger partial charge in [0.1, 0.15) is 0 Å². The van der Waals surface area contributed by atoms with Gasteiger partial charge in [0.25, 0.3) is 0 Å². The minimum Gasteiger partial charge on any atom is -0.379 e. The van der Waals surface area contributed by atoms with Gasteiger partial charge in [-0.25, -0.2) is 0 Å². The van der Waals surface area contributed by atoms with Gasteiger partial charge in [-0.3, -0.25) is 4.68 Å². The van der Waals surface area contributed by atoms with Crippen LogP contribution in [0.1, 0.15) is 44.7 Å². The minimum atomic E-state index is 0.276. The third kappa shape index (κ3) is 3.12. The van der Waals surface area contributed by atoms with Crippen molar-refractivity contribution in [1.29, 1.82) is 0 Å². The normalized spacial score (nSPS) is 18.8. The second-order valence-corrected chi connectivity index (χ2v) is 5.11. The number of hydrogen-bond donors (Lipinski definition) is 1. The number of likely N-dealkylation sites (N-methyl/N-ethyl adjacent to an activating group) is 1. The van der Waals surface area contributed by atoms with E-state index in [4.69, 9.17) is 4.74 Å². The molecule has 1 aliphatic rings. The molecule has 2 atom stereocenters. The Morgan fingerprint density at radius 2 is 2.28 bits per heavy atom. The molecule has 4 nitrogen and oxygen atoms in total. The van der Waals surface area contributed by atoms with E-state index in [1.165, 1.54) is 18.4 Å². The molecular weight excluding hydrogens is 226 g/mol. The lowest BCUT2D eigenvalue weighted by Gasteiger charge is -2.25. The van der Waals surface area contributed by atoms with Crippen molar-refractivity contribution < 1.29 is 4.74 Å². The van der Waals surface area contributed by atoms with Crippen LogP contribution in [0.3, 0.4) is 0 Å². The first-order chi connectivity index (χ1) is 8.80. The zero-order valence-corrected chi connectivity index (χ0v) is 11.7. The van der Waals surface area contributed by atoms with Gasteiger partial charge in [0.2, 0.25) is 0 Å². The lowest BCUT2D eigenvalue weighted by molar-refractivity contribution is 0.0511. The van der Waals surface area contributed by atoms with E-state index in [-0.39, 0.29) is 12.1 Å². The van der Waals surface area contributed by atoms with Gasteiger partial charge in [0, 0.05) is 25.4 Å². The lowest BCUT2D eigenvalue weighted by atomic mass is 10.0. The first-order valence-electron chi connectivity index (χ1n) is 7.08. The average Bonchev–Trinajstić information content (AvgIpc) is 3.10. The largest absolute Gasteiger partial charge is 0.379 e. The summed E-state index contributed by atoms with van der Waals surface area (Å²) in [6, 6.07) is 0.276. The molecule has 1 aromatic rings.